The number of carboxylic acids is 1. The van der Waals surface area contributed by atoms with Crippen molar-refractivity contribution in [3.05, 3.63) is 59.2 Å². The summed E-state index contributed by atoms with van der Waals surface area (Å²) >= 11 is 1.35. The van der Waals surface area contributed by atoms with Crippen molar-refractivity contribution in [1.29, 1.82) is 0 Å². The Hall–Kier alpha value is -2.67. The summed E-state index contributed by atoms with van der Waals surface area (Å²) in [6.45, 7) is 6.23. The van der Waals surface area contributed by atoms with Crippen LogP contribution in [0, 0.1) is 0 Å². The van der Waals surface area contributed by atoms with Gasteiger partial charge in [0, 0.05) is 37.3 Å². The number of carbonyl (C=O) groups is 2. The molecule has 0 aromatic heterocycles. The summed E-state index contributed by atoms with van der Waals surface area (Å²) in [6.07, 6.45) is 3.38. The molecule has 2 atom stereocenters. The van der Waals surface area contributed by atoms with Gasteiger partial charge in [-0.1, -0.05) is 25.1 Å². The number of fused-ring (bicyclic) bond motifs is 1. The lowest BCUT2D eigenvalue weighted by Gasteiger charge is -2.29. The fraction of sp³-hybridized carbons (Fsp3) is 0.481. The molecule has 0 radical (unpaired) electrons. The van der Waals surface area contributed by atoms with E-state index in [2.05, 4.69) is 48.2 Å². The number of amides is 2. The molecule has 3 N–H and O–H groups in total. The quantitative estimate of drug-likeness (QED) is 0.457. The first-order valence-electron chi connectivity index (χ1n) is 11.9. The van der Waals surface area contributed by atoms with Gasteiger partial charge in [-0.05, 0) is 86.4 Å². The minimum absolute atomic E-state index is 0.0360. The van der Waals surface area contributed by atoms with Crippen molar-refractivity contribution in [1.82, 2.24) is 4.90 Å². The van der Waals surface area contributed by atoms with Crippen molar-refractivity contribution in [3.8, 4) is 0 Å². The van der Waals surface area contributed by atoms with Gasteiger partial charge in [0.25, 0.3) is 0 Å². The van der Waals surface area contributed by atoms with E-state index in [9.17, 15) is 14.7 Å². The number of urea groups is 1. The number of rotatable bonds is 10. The monoisotopic (exact) mass is 483 g/mol. The molecule has 0 aliphatic heterocycles. The summed E-state index contributed by atoms with van der Waals surface area (Å²) in [5.41, 5.74) is 10.7. The largest absolute Gasteiger partial charge is 0.480 e. The highest BCUT2D eigenvalue weighted by molar-refractivity contribution is 8.01. The van der Waals surface area contributed by atoms with Crippen LogP contribution in [0.3, 0.4) is 0 Å². The third kappa shape index (κ3) is 6.06. The number of benzene rings is 2. The molecule has 1 aliphatic rings. The maximum atomic E-state index is 12.4. The van der Waals surface area contributed by atoms with Gasteiger partial charge in [0.2, 0.25) is 0 Å². The maximum Gasteiger partial charge on any atom is 0.319 e. The maximum absolute atomic E-state index is 12.4. The molecular weight excluding hydrogens is 446 g/mol. The van der Waals surface area contributed by atoms with Crippen LogP contribution in [0.4, 0.5) is 10.5 Å². The second kappa shape index (κ2) is 10.7. The topological polar surface area (TPSA) is 86.9 Å². The van der Waals surface area contributed by atoms with Crippen molar-refractivity contribution in [2.24, 2.45) is 5.73 Å². The van der Waals surface area contributed by atoms with Crippen LogP contribution in [0.1, 0.15) is 56.2 Å². The van der Waals surface area contributed by atoms with Crippen molar-refractivity contribution in [3.63, 3.8) is 0 Å². The number of carbonyl (C=O) groups excluding carboxylic acids is 1. The average molecular weight is 484 g/mol. The molecule has 1 aliphatic carbocycles. The molecule has 0 heterocycles. The Morgan fingerprint density at radius 2 is 1.76 bits per heavy atom. The molecule has 7 heteroatoms. The molecule has 2 amide bonds. The van der Waals surface area contributed by atoms with Gasteiger partial charge in [-0.3, -0.25) is 4.79 Å². The summed E-state index contributed by atoms with van der Waals surface area (Å²) in [5, 5.41) is 9.44. The van der Waals surface area contributed by atoms with E-state index in [1.165, 1.54) is 34.1 Å². The number of anilines is 1. The number of primary amides is 1. The van der Waals surface area contributed by atoms with E-state index in [1.807, 2.05) is 25.1 Å². The third-order valence-corrected chi connectivity index (χ3v) is 7.97. The number of hydrogen-bond acceptors (Lipinski definition) is 4. The minimum Gasteiger partial charge on any atom is -0.480 e. The van der Waals surface area contributed by atoms with Gasteiger partial charge in [0.1, 0.15) is 4.75 Å². The second-order valence-electron chi connectivity index (χ2n) is 9.82. The number of nitrogens with zero attached hydrogens (tertiary/aromatic N) is 2. The van der Waals surface area contributed by atoms with E-state index in [1.54, 1.807) is 13.8 Å². The van der Waals surface area contributed by atoms with Crippen molar-refractivity contribution < 1.29 is 14.7 Å². The normalized spacial score (nSPS) is 16.1. The number of hydrogen-bond donors (Lipinski definition) is 2. The van der Waals surface area contributed by atoms with E-state index in [0.29, 0.717) is 12.5 Å². The summed E-state index contributed by atoms with van der Waals surface area (Å²) in [4.78, 5) is 28.7. The molecule has 34 heavy (non-hydrogen) atoms. The lowest BCUT2D eigenvalue weighted by molar-refractivity contribution is -0.138. The molecule has 6 nitrogen and oxygen atoms in total. The Bertz CT molecular complexity index is 1020. The summed E-state index contributed by atoms with van der Waals surface area (Å²) in [7, 11) is 4.07. The molecule has 2 aromatic carbocycles. The van der Waals surface area contributed by atoms with E-state index in [0.717, 1.165) is 30.6 Å². The fourth-order valence-corrected chi connectivity index (χ4v) is 5.63. The van der Waals surface area contributed by atoms with Crippen LogP contribution in [0.5, 0.6) is 0 Å². The molecule has 2 unspecified atom stereocenters. The summed E-state index contributed by atoms with van der Waals surface area (Å²) in [6, 6.07) is 14.4. The van der Waals surface area contributed by atoms with Crippen LogP contribution in [0.2, 0.25) is 0 Å². The average Bonchev–Trinajstić information content (AvgIpc) is 3.19. The zero-order valence-corrected chi connectivity index (χ0v) is 21.7. The molecule has 2 aromatic rings. The third-order valence-electron chi connectivity index (χ3n) is 6.79. The van der Waals surface area contributed by atoms with Crippen LogP contribution < -0.4 is 10.6 Å². The molecule has 0 saturated carbocycles. The van der Waals surface area contributed by atoms with Gasteiger partial charge in [0.15, 0.2) is 0 Å². The molecular formula is C27H37N3O3S. The predicted molar refractivity (Wildman–Crippen MR) is 140 cm³/mol. The lowest BCUT2D eigenvalue weighted by atomic mass is 9.92. The van der Waals surface area contributed by atoms with Crippen molar-refractivity contribution in [2.75, 3.05) is 25.5 Å². The Balaban J connectivity index is 1.67. The highest BCUT2D eigenvalue weighted by Crippen LogP contribution is 2.36. The van der Waals surface area contributed by atoms with Gasteiger partial charge in [-0.15, -0.1) is 11.8 Å². The predicted octanol–water partition coefficient (Wildman–Crippen LogP) is 5.14. The smallest absolute Gasteiger partial charge is 0.319 e. The van der Waals surface area contributed by atoms with E-state index >= 15 is 0 Å². The van der Waals surface area contributed by atoms with Gasteiger partial charge in [-0.2, -0.15) is 0 Å². The van der Waals surface area contributed by atoms with Crippen molar-refractivity contribution >= 4 is 29.4 Å². The molecule has 0 saturated heterocycles. The van der Waals surface area contributed by atoms with Gasteiger partial charge < -0.3 is 20.6 Å². The number of carboxylic acid groups (broad SMARTS) is 1. The molecule has 0 bridgehead atoms. The standard InChI is InChI=1S/C27H37N3O3S/c1-6-18(19-7-10-22(11-8-19)29(4)5)13-14-30(26(28)33)23-15-20-9-12-24(17-21(20)16-23)34-27(2,3)25(31)32/h7-12,17-18,23H,6,13-16H2,1-5H3,(H2,28,33)(H,31,32). The summed E-state index contributed by atoms with van der Waals surface area (Å²) in [5.74, 6) is -0.472. The van der Waals surface area contributed by atoms with Gasteiger partial charge >= 0.3 is 12.0 Å². The van der Waals surface area contributed by atoms with E-state index in [-0.39, 0.29) is 12.1 Å². The Morgan fingerprint density at radius 3 is 2.32 bits per heavy atom. The number of aliphatic carboxylic acids is 1. The first-order chi connectivity index (χ1) is 16.0. The molecule has 184 valence electrons. The summed E-state index contributed by atoms with van der Waals surface area (Å²) < 4.78 is -0.897. The number of nitrogens with two attached hydrogens (primary N) is 1. The van der Waals surface area contributed by atoms with Gasteiger partial charge in [-0.25, -0.2) is 4.79 Å². The van der Waals surface area contributed by atoms with Crippen LogP contribution >= 0.6 is 11.8 Å². The van der Waals surface area contributed by atoms with Crippen LogP contribution in [-0.2, 0) is 17.6 Å². The Kier molecular flexibility index (Phi) is 8.18. The van der Waals surface area contributed by atoms with Crippen LogP contribution in [0.15, 0.2) is 47.4 Å². The van der Waals surface area contributed by atoms with E-state index < -0.39 is 10.7 Å². The lowest BCUT2D eigenvalue weighted by Crippen LogP contribution is -2.45. The zero-order chi connectivity index (χ0) is 25.0. The molecule has 0 spiro atoms. The highest BCUT2D eigenvalue weighted by Gasteiger charge is 2.32. The minimum atomic E-state index is -0.897. The zero-order valence-electron chi connectivity index (χ0n) is 20.9. The van der Waals surface area contributed by atoms with Crippen molar-refractivity contribution in [2.45, 2.75) is 68.1 Å². The molecule has 0 fully saturated rings. The first kappa shape index (κ1) is 25.9. The first-order valence-corrected chi connectivity index (χ1v) is 12.7. The Labute approximate surface area is 207 Å². The van der Waals surface area contributed by atoms with Crippen LogP contribution in [0.25, 0.3) is 0 Å². The van der Waals surface area contributed by atoms with Crippen LogP contribution in [-0.4, -0.2) is 53.4 Å². The Morgan fingerprint density at radius 1 is 1.12 bits per heavy atom. The highest BCUT2D eigenvalue weighted by atomic mass is 32.2. The fourth-order valence-electron chi connectivity index (χ4n) is 4.61. The second-order valence-corrected chi connectivity index (χ2v) is 11.5. The SMILES string of the molecule is CCC(CCN(C(N)=O)C1Cc2ccc(SC(C)(C)C(=O)O)cc2C1)c1ccc(N(C)C)cc1. The number of thioether (sulfide) groups is 1. The molecule has 3 rings (SSSR count). The van der Waals surface area contributed by atoms with Gasteiger partial charge in [0.05, 0.1) is 0 Å². The van der Waals surface area contributed by atoms with E-state index in [4.69, 9.17) is 5.73 Å².